The first-order chi connectivity index (χ1) is 13.7. The minimum atomic E-state index is -3.10. The second kappa shape index (κ2) is 8.93. The fraction of sp³-hybridized carbons (Fsp3) is 0.261. The summed E-state index contributed by atoms with van der Waals surface area (Å²) >= 11 is 1.60. The minimum Gasteiger partial charge on any atom is -0.340 e. The third-order valence-electron chi connectivity index (χ3n) is 4.68. The zero-order valence-corrected chi connectivity index (χ0v) is 18.4. The van der Waals surface area contributed by atoms with Gasteiger partial charge >= 0.3 is 0 Å². The molecular formula is C23H25NO3S2. The molecule has 0 fully saturated rings. The highest BCUT2D eigenvalue weighted by molar-refractivity contribution is 7.89. The molecule has 1 heterocycles. The topological polar surface area (TPSA) is 63.2 Å². The van der Waals surface area contributed by atoms with E-state index in [9.17, 15) is 13.2 Å². The summed E-state index contributed by atoms with van der Waals surface area (Å²) in [6.07, 6.45) is 1.20. The van der Waals surface area contributed by atoms with Gasteiger partial charge in [0, 0.05) is 16.7 Å². The Morgan fingerprint density at radius 2 is 1.59 bits per heavy atom. The maximum absolute atomic E-state index is 12.9. The molecule has 152 valence electrons. The van der Waals surface area contributed by atoms with Crippen LogP contribution in [-0.4, -0.2) is 20.6 Å². The molecule has 1 atom stereocenters. The lowest BCUT2D eigenvalue weighted by molar-refractivity contribution is 0.0943. The number of sulfone groups is 1. The third-order valence-corrected chi connectivity index (χ3v) is 6.48. The van der Waals surface area contributed by atoms with Crippen molar-refractivity contribution >= 4 is 27.1 Å². The normalized spacial score (nSPS) is 12.7. The average molecular weight is 428 g/mol. The number of amides is 1. The van der Waals surface area contributed by atoms with Gasteiger partial charge in [-0.05, 0) is 46.2 Å². The van der Waals surface area contributed by atoms with Gasteiger partial charge in [-0.1, -0.05) is 56.3 Å². The molecule has 0 saturated heterocycles. The van der Waals surface area contributed by atoms with E-state index in [4.69, 9.17) is 0 Å². The molecule has 0 aliphatic carbocycles. The third kappa shape index (κ3) is 5.78. The van der Waals surface area contributed by atoms with Crippen LogP contribution in [0.2, 0.25) is 0 Å². The SMILES string of the molecule is CC(C)c1ccc(C(NC(=O)c2ccc(CS(C)(=O)=O)cc2)c2cccs2)cc1. The van der Waals surface area contributed by atoms with Crippen LogP contribution in [0.3, 0.4) is 0 Å². The Morgan fingerprint density at radius 1 is 0.966 bits per heavy atom. The number of hydrogen-bond donors (Lipinski definition) is 1. The van der Waals surface area contributed by atoms with E-state index in [1.54, 1.807) is 35.6 Å². The maximum Gasteiger partial charge on any atom is 0.252 e. The molecule has 29 heavy (non-hydrogen) atoms. The van der Waals surface area contributed by atoms with Gasteiger partial charge in [-0.15, -0.1) is 11.3 Å². The van der Waals surface area contributed by atoms with Gasteiger partial charge < -0.3 is 5.32 Å². The lowest BCUT2D eigenvalue weighted by Gasteiger charge is -2.19. The molecule has 0 radical (unpaired) electrons. The van der Waals surface area contributed by atoms with Crippen molar-refractivity contribution in [2.24, 2.45) is 0 Å². The molecule has 0 bridgehead atoms. The molecule has 1 unspecified atom stereocenters. The van der Waals surface area contributed by atoms with Gasteiger partial charge in [0.15, 0.2) is 9.84 Å². The van der Waals surface area contributed by atoms with E-state index in [0.29, 0.717) is 17.0 Å². The summed E-state index contributed by atoms with van der Waals surface area (Å²) in [7, 11) is -3.10. The van der Waals surface area contributed by atoms with Gasteiger partial charge in [0.25, 0.3) is 5.91 Å². The predicted octanol–water partition coefficient (Wildman–Crippen LogP) is 4.94. The molecule has 0 saturated carbocycles. The highest BCUT2D eigenvalue weighted by Crippen LogP contribution is 2.28. The van der Waals surface area contributed by atoms with E-state index in [0.717, 1.165) is 10.4 Å². The fourth-order valence-electron chi connectivity index (χ4n) is 3.12. The Balaban J connectivity index is 1.82. The van der Waals surface area contributed by atoms with Crippen LogP contribution in [-0.2, 0) is 15.6 Å². The smallest absolute Gasteiger partial charge is 0.252 e. The van der Waals surface area contributed by atoms with Crippen LogP contribution < -0.4 is 5.32 Å². The van der Waals surface area contributed by atoms with Crippen LogP contribution in [0.15, 0.2) is 66.0 Å². The number of carbonyl (C=O) groups excluding carboxylic acids is 1. The van der Waals surface area contributed by atoms with Gasteiger partial charge in [0.2, 0.25) is 0 Å². The van der Waals surface area contributed by atoms with E-state index in [-0.39, 0.29) is 17.7 Å². The Bertz CT molecular complexity index is 1050. The van der Waals surface area contributed by atoms with Crippen LogP contribution in [0.25, 0.3) is 0 Å². The van der Waals surface area contributed by atoms with E-state index in [1.165, 1.54) is 11.8 Å². The predicted molar refractivity (Wildman–Crippen MR) is 119 cm³/mol. The summed E-state index contributed by atoms with van der Waals surface area (Å²) in [5.74, 6) is 0.223. The van der Waals surface area contributed by atoms with Gasteiger partial charge in [0.1, 0.15) is 0 Å². The number of hydrogen-bond acceptors (Lipinski definition) is 4. The van der Waals surface area contributed by atoms with E-state index < -0.39 is 9.84 Å². The van der Waals surface area contributed by atoms with Gasteiger partial charge in [-0.25, -0.2) is 8.42 Å². The zero-order chi connectivity index (χ0) is 21.0. The van der Waals surface area contributed by atoms with Crippen molar-refractivity contribution < 1.29 is 13.2 Å². The van der Waals surface area contributed by atoms with Gasteiger partial charge in [-0.3, -0.25) is 4.79 Å². The van der Waals surface area contributed by atoms with Crippen LogP contribution in [0.1, 0.15) is 57.7 Å². The first kappa shape index (κ1) is 21.3. The monoisotopic (exact) mass is 427 g/mol. The Hall–Kier alpha value is -2.44. The molecule has 0 spiro atoms. The molecule has 4 nitrogen and oxygen atoms in total. The van der Waals surface area contributed by atoms with Gasteiger partial charge in [-0.2, -0.15) is 0 Å². The van der Waals surface area contributed by atoms with Crippen molar-refractivity contribution in [2.75, 3.05) is 6.26 Å². The van der Waals surface area contributed by atoms with Crippen LogP contribution in [0, 0.1) is 0 Å². The summed E-state index contributed by atoms with van der Waals surface area (Å²) in [6.45, 7) is 4.31. The largest absolute Gasteiger partial charge is 0.340 e. The molecule has 0 aliphatic rings. The highest BCUT2D eigenvalue weighted by Gasteiger charge is 2.19. The minimum absolute atomic E-state index is 0.0328. The van der Waals surface area contributed by atoms with Crippen molar-refractivity contribution in [3.63, 3.8) is 0 Å². The Labute approximate surface area is 176 Å². The molecule has 6 heteroatoms. The summed E-state index contributed by atoms with van der Waals surface area (Å²) in [5.41, 5.74) is 3.45. The molecule has 2 aromatic carbocycles. The fourth-order valence-corrected chi connectivity index (χ4v) is 4.72. The van der Waals surface area contributed by atoms with Crippen molar-refractivity contribution in [3.8, 4) is 0 Å². The van der Waals surface area contributed by atoms with E-state index in [2.05, 4.69) is 43.4 Å². The van der Waals surface area contributed by atoms with Crippen molar-refractivity contribution in [2.45, 2.75) is 31.6 Å². The molecule has 3 rings (SSSR count). The molecule has 1 aromatic heterocycles. The average Bonchev–Trinajstić information content (AvgIpc) is 3.20. The summed E-state index contributed by atoms with van der Waals surface area (Å²) in [6, 6.07) is 18.8. The molecule has 0 aliphatic heterocycles. The highest BCUT2D eigenvalue weighted by atomic mass is 32.2. The standard InChI is InChI=1S/C23H25NO3S2/c1-16(2)18-10-12-19(13-11-18)22(21-5-4-14-28-21)24-23(25)20-8-6-17(7-9-20)15-29(3,26)27/h4-14,16,22H,15H2,1-3H3,(H,24,25). The quantitative estimate of drug-likeness (QED) is 0.581. The van der Waals surface area contributed by atoms with E-state index >= 15 is 0 Å². The molecular weight excluding hydrogens is 402 g/mol. The first-order valence-electron chi connectivity index (χ1n) is 9.44. The zero-order valence-electron chi connectivity index (χ0n) is 16.8. The summed E-state index contributed by atoms with van der Waals surface area (Å²) < 4.78 is 22.9. The lowest BCUT2D eigenvalue weighted by Crippen LogP contribution is -2.28. The molecule has 3 aromatic rings. The first-order valence-corrected chi connectivity index (χ1v) is 12.4. The lowest BCUT2D eigenvalue weighted by atomic mass is 9.98. The second-order valence-electron chi connectivity index (χ2n) is 7.51. The number of benzene rings is 2. The van der Waals surface area contributed by atoms with Crippen LogP contribution in [0.4, 0.5) is 0 Å². The number of rotatable bonds is 7. The number of thiophene rings is 1. The van der Waals surface area contributed by atoms with Crippen LogP contribution >= 0.6 is 11.3 Å². The van der Waals surface area contributed by atoms with Gasteiger partial charge in [0.05, 0.1) is 11.8 Å². The number of nitrogens with one attached hydrogen (secondary N) is 1. The van der Waals surface area contributed by atoms with Crippen LogP contribution in [0.5, 0.6) is 0 Å². The molecule has 1 amide bonds. The maximum atomic E-state index is 12.9. The Morgan fingerprint density at radius 3 is 2.10 bits per heavy atom. The van der Waals surface area contributed by atoms with Crippen molar-refractivity contribution in [1.82, 2.24) is 5.32 Å². The van der Waals surface area contributed by atoms with Crippen molar-refractivity contribution in [3.05, 3.63) is 93.2 Å². The summed E-state index contributed by atoms with van der Waals surface area (Å²) in [4.78, 5) is 13.9. The molecule has 1 N–H and O–H groups in total. The van der Waals surface area contributed by atoms with E-state index in [1.807, 2.05) is 17.5 Å². The number of carbonyl (C=O) groups is 1. The second-order valence-corrected chi connectivity index (χ2v) is 10.6. The Kier molecular flexibility index (Phi) is 6.55. The van der Waals surface area contributed by atoms with Crippen molar-refractivity contribution in [1.29, 1.82) is 0 Å². The summed E-state index contributed by atoms with van der Waals surface area (Å²) in [5, 5.41) is 5.12.